The molecule has 0 aromatic carbocycles. The molecule has 0 bridgehead atoms. The van der Waals surface area contributed by atoms with Crippen LogP contribution in [-0.4, -0.2) is 71.0 Å². The predicted molar refractivity (Wildman–Crippen MR) is 127 cm³/mol. The number of carboxylic acids is 2. The summed E-state index contributed by atoms with van der Waals surface area (Å²) >= 11 is 0. The number of aliphatic carboxylic acids is 2. The molecule has 2 unspecified atom stereocenters. The summed E-state index contributed by atoms with van der Waals surface area (Å²) in [6.45, 7) is 7.82. The third-order valence-corrected chi connectivity index (χ3v) is 5.71. The van der Waals surface area contributed by atoms with Crippen molar-refractivity contribution in [3.8, 4) is 0 Å². The van der Waals surface area contributed by atoms with Crippen molar-refractivity contribution in [1.29, 1.82) is 0 Å². The first-order valence-corrected chi connectivity index (χ1v) is 12.0. The third kappa shape index (κ3) is 14.0. The van der Waals surface area contributed by atoms with Crippen molar-refractivity contribution in [2.24, 2.45) is 11.8 Å². The van der Waals surface area contributed by atoms with E-state index in [-0.39, 0.29) is 50.6 Å². The second-order valence-corrected chi connectivity index (χ2v) is 8.58. The Bertz CT molecular complexity index is 683. The lowest BCUT2D eigenvalue weighted by Crippen LogP contribution is -2.51. The fraction of sp³-hybridized carbons (Fsp3) is 0.739. The zero-order valence-electron chi connectivity index (χ0n) is 21.0. The van der Waals surface area contributed by atoms with E-state index in [0.29, 0.717) is 19.3 Å². The summed E-state index contributed by atoms with van der Waals surface area (Å²) in [6, 6.07) is -1.60. The molecule has 0 aromatic heterocycles. The van der Waals surface area contributed by atoms with Crippen molar-refractivity contribution in [2.45, 2.75) is 84.7 Å². The largest absolute Gasteiger partial charge is 0.481 e. The van der Waals surface area contributed by atoms with E-state index in [0.717, 1.165) is 0 Å². The smallest absolute Gasteiger partial charge is 0.303 e. The van der Waals surface area contributed by atoms with Gasteiger partial charge >= 0.3 is 11.9 Å². The first-order chi connectivity index (χ1) is 16.4. The lowest BCUT2D eigenvalue weighted by atomic mass is 9.98. The highest BCUT2D eigenvalue weighted by Crippen LogP contribution is 2.10. The van der Waals surface area contributed by atoms with Crippen LogP contribution in [0.3, 0.4) is 0 Å². The maximum Gasteiger partial charge on any atom is 0.303 e. The normalized spacial score (nSPS) is 14.1. The maximum absolute atomic E-state index is 12.6. The lowest BCUT2D eigenvalue weighted by Gasteiger charge is -2.24. The molecule has 4 atom stereocenters. The van der Waals surface area contributed by atoms with Gasteiger partial charge in [-0.2, -0.15) is 0 Å². The van der Waals surface area contributed by atoms with Crippen molar-refractivity contribution in [1.82, 2.24) is 21.3 Å². The van der Waals surface area contributed by atoms with E-state index in [4.69, 9.17) is 10.2 Å². The fourth-order valence-electron chi connectivity index (χ4n) is 3.07. The van der Waals surface area contributed by atoms with E-state index in [2.05, 4.69) is 21.3 Å². The van der Waals surface area contributed by atoms with Crippen LogP contribution < -0.4 is 21.3 Å². The molecule has 12 nitrogen and oxygen atoms in total. The van der Waals surface area contributed by atoms with Gasteiger partial charge in [0, 0.05) is 25.9 Å². The van der Waals surface area contributed by atoms with E-state index in [1.165, 1.54) is 0 Å². The van der Waals surface area contributed by atoms with Gasteiger partial charge in [0.25, 0.3) is 0 Å². The Labute approximate surface area is 206 Å². The van der Waals surface area contributed by atoms with Gasteiger partial charge < -0.3 is 31.5 Å². The Morgan fingerprint density at radius 3 is 1.26 bits per heavy atom. The first-order valence-electron chi connectivity index (χ1n) is 12.0. The van der Waals surface area contributed by atoms with Crippen LogP contribution in [0.1, 0.15) is 72.6 Å². The van der Waals surface area contributed by atoms with E-state index >= 15 is 0 Å². The molecule has 0 aromatic rings. The fourth-order valence-corrected chi connectivity index (χ4v) is 3.07. The van der Waals surface area contributed by atoms with Gasteiger partial charge in [0.05, 0.1) is 12.8 Å². The van der Waals surface area contributed by atoms with Gasteiger partial charge in [-0.05, 0) is 18.3 Å². The van der Waals surface area contributed by atoms with Gasteiger partial charge in [0.15, 0.2) is 0 Å². The minimum Gasteiger partial charge on any atom is -0.481 e. The molecule has 0 spiro atoms. The molecule has 0 saturated carbocycles. The van der Waals surface area contributed by atoms with Crippen LogP contribution in [0.4, 0.5) is 0 Å². The molecular weight excluding hydrogens is 460 g/mol. The summed E-state index contributed by atoms with van der Waals surface area (Å²) in [6.07, 6.45) is 0.580. The molecule has 0 aliphatic rings. The van der Waals surface area contributed by atoms with Crippen LogP contribution in [-0.2, 0) is 28.8 Å². The Morgan fingerprint density at radius 1 is 0.629 bits per heavy atom. The van der Waals surface area contributed by atoms with Crippen LogP contribution in [0.25, 0.3) is 0 Å². The van der Waals surface area contributed by atoms with Crippen LogP contribution in [0.15, 0.2) is 0 Å². The molecule has 35 heavy (non-hydrogen) atoms. The highest BCUT2D eigenvalue weighted by Gasteiger charge is 2.27. The molecule has 4 amide bonds. The zero-order chi connectivity index (χ0) is 27.0. The SMILES string of the molecule is CCC(C)[C@H](NC(=O)CCC(=O)O)C(=O)NCCCNC(=O)[C@@H](NC(=O)CCC(=O)O)C(C)CC. The number of hydrogen-bond acceptors (Lipinski definition) is 6. The summed E-state index contributed by atoms with van der Waals surface area (Å²) in [7, 11) is 0. The Kier molecular flexibility index (Phi) is 15.7. The van der Waals surface area contributed by atoms with Gasteiger partial charge in [-0.15, -0.1) is 0 Å². The van der Waals surface area contributed by atoms with Crippen LogP contribution in [0, 0.1) is 11.8 Å². The Balaban J connectivity index is 4.65. The summed E-state index contributed by atoms with van der Waals surface area (Å²) < 4.78 is 0. The predicted octanol–water partition coefficient (Wildman–Crippen LogP) is 0.400. The molecule has 12 heteroatoms. The second-order valence-electron chi connectivity index (χ2n) is 8.58. The topological polar surface area (TPSA) is 191 Å². The number of amides is 4. The van der Waals surface area contributed by atoms with E-state index in [1.807, 2.05) is 27.7 Å². The van der Waals surface area contributed by atoms with E-state index in [9.17, 15) is 28.8 Å². The molecule has 0 heterocycles. The molecule has 0 aliphatic carbocycles. The average Bonchev–Trinajstić information content (AvgIpc) is 2.81. The summed E-state index contributed by atoms with van der Waals surface area (Å²) in [5.41, 5.74) is 0. The molecule has 200 valence electrons. The molecule has 0 aliphatic heterocycles. The van der Waals surface area contributed by atoms with Crippen molar-refractivity contribution in [3.63, 3.8) is 0 Å². The number of carbonyl (C=O) groups excluding carboxylic acids is 4. The lowest BCUT2D eigenvalue weighted by molar-refractivity contribution is -0.139. The van der Waals surface area contributed by atoms with Crippen molar-refractivity contribution < 1.29 is 39.0 Å². The number of rotatable bonds is 18. The Hall–Kier alpha value is -3.18. The van der Waals surface area contributed by atoms with E-state index in [1.54, 1.807) is 0 Å². The monoisotopic (exact) mass is 500 g/mol. The van der Waals surface area contributed by atoms with Gasteiger partial charge in [-0.25, -0.2) is 0 Å². The van der Waals surface area contributed by atoms with Crippen molar-refractivity contribution >= 4 is 35.6 Å². The molecule has 0 rings (SSSR count). The second kappa shape index (κ2) is 17.3. The number of carbonyl (C=O) groups is 6. The van der Waals surface area contributed by atoms with Gasteiger partial charge in [-0.1, -0.05) is 40.5 Å². The number of hydrogen-bond donors (Lipinski definition) is 6. The van der Waals surface area contributed by atoms with Gasteiger partial charge in [-0.3, -0.25) is 28.8 Å². The maximum atomic E-state index is 12.6. The van der Waals surface area contributed by atoms with Crippen LogP contribution >= 0.6 is 0 Å². The van der Waals surface area contributed by atoms with Crippen LogP contribution in [0.5, 0.6) is 0 Å². The standard InChI is InChI=1S/C23H40N4O8/c1-5-14(3)20(26-16(28)8-10-18(30)31)22(34)24-12-7-13-25-23(35)21(15(4)6-2)27-17(29)9-11-19(32)33/h14-15,20-21H,5-13H2,1-4H3,(H,24,34)(H,25,35)(H,26,28)(H,27,29)(H,30,31)(H,32,33)/t14?,15?,20-,21-/m0/s1. The summed E-state index contributed by atoms with van der Waals surface area (Å²) in [4.78, 5) is 70.3. The van der Waals surface area contributed by atoms with Gasteiger partial charge in [0.1, 0.15) is 12.1 Å². The van der Waals surface area contributed by atoms with E-state index < -0.39 is 47.7 Å². The summed E-state index contributed by atoms with van der Waals surface area (Å²) in [5, 5.41) is 28.0. The van der Waals surface area contributed by atoms with Crippen molar-refractivity contribution in [3.05, 3.63) is 0 Å². The van der Waals surface area contributed by atoms with Gasteiger partial charge in [0.2, 0.25) is 23.6 Å². The molecule has 0 saturated heterocycles. The number of nitrogens with one attached hydrogen (secondary N) is 4. The van der Waals surface area contributed by atoms with Crippen molar-refractivity contribution in [2.75, 3.05) is 13.1 Å². The highest BCUT2D eigenvalue weighted by atomic mass is 16.4. The quantitative estimate of drug-likeness (QED) is 0.146. The first kappa shape index (κ1) is 31.8. The minimum atomic E-state index is -1.10. The average molecular weight is 501 g/mol. The zero-order valence-corrected chi connectivity index (χ0v) is 21.0. The molecule has 0 fully saturated rings. The van der Waals surface area contributed by atoms with Crippen LogP contribution in [0.2, 0.25) is 0 Å². The molecule has 0 radical (unpaired) electrons. The highest BCUT2D eigenvalue weighted by molar-refractivity contribution is 5.89. The minimum absolute atomic E-state index is 0.162. The molecule has 6 N–H and O–H groups in total. The number of carboxylic acid groups (broad SMARTS) is 2. The summed E-state index contributed by atoms with van der Waals surface area (Å²) in [5.74, 6) is -4.32. The third-order valence-electron chi connectivity index (χ3n) is 5.71. The molecular formula is C23H40N4O8. The Morgan fingerprint density at radius 2 is 0.971 bits per heavy atom.